The summed E-state index contributed by atoms with van der Waals surface area (Å²) in [5.74, 6) is -2.51. The molecular weight excluding hydrogens is 439 g/mol. The van der Waals surface area contributed by atoms with Gasteiger partial charge in [0.1, 0.15) is 12.4 Å². The normalized spacial score (nSPS) is 12.4. The number of alkyl carbamates (subject to hydrolysis) is 1. The highest BCUT2D eigenvalue weighted by molar-refractivity contribution is 5.94. The summed E-state index contributed by atoms with van der Waals surface area (Å²) in [6, 6.07) is 19.1. The van der Waals surface area contributed by atoms with Crippen molar-refractivity contribution in [2.45, 2.75) is 25.1 Å². The van der Waals surface area contributed by atoms with Crippen LogP contribution in [0.5, 0.6) is 0 Å². The summed E-state index contributed by atoms with van der Waals surface area (Å²) in [7, 11) is 1.46. The van der Waals surface area contributed by atoms with E-state index in [0.717, 1.165) is 29.3 Å². The van der Waals surface area contributed by atoms with Crippen molar-refractivity contribution in [3.05, 3.63) is 107 Å². The van der Waals surface area contributed by atoms with E-state index in [0.29, 0.717) is 0 Å². The Morgan fingerprint density at radius 3 is 2.15 bits per heavy atom. The van der Waals surface area contributed by atoms with Crippen LogP contribution in [0, 0.1) is 5.82 Å². The number of aromatic carboxylic acids is 1. The molecule has 3 N–H and O–H groups in total. The summed E-state index contributed by atoms with van der Waals surface area (Å²) in [6.07, 6.45) is -0.661. The lowest BCUT2D eigenvalue weighted by Crippen LogP contribution is -2.47. The number of carbonyl (C=O) groups excluding carboxylic acids is 2. The molecule has 3 aromatic rings. The minimum Gasteiger partial charge on any atom is -0.478 e. The van der Waals surface area contributed by atoms with Gasteiger partial charge < -0.3 is 20.5 Å². The number of ketones is 1. The zero-order valence-corrected chi connectivity index (χ0v) is 18.5. The fourth-order valence-corrected chi connectivity index (χ4v) is 3.53. The number of Topliss-reactive ketones (excluding diaryl/α,β-unsaturated/α-hetero) is 1. The maximum atomic E-state index is 14.6. The lowest BCUT2D eigenvalue weighted by Gasteiger charge is -2.24. The van der Waals surface area contributed by atoms with Crippen LogP contribution >= 0.6 is 0 Å². The molecule has 0 saturated heterocycles. The molecule has 1 unspecified atom stereocenters. The van der Waals surface area contributed by atoms with Gasteiger partial charge in [0.2, 0.25) is 0 Å². The summed E-state index contributed by atoms with van der Waals surface area (Å²) in [4.78, 5) is 37.4. The Labute approximate surface area is 196 Å². The van der Waals surface area contributed by atoms with Crippen molar-refractivity contribution in [2.24, 2.45) is 0 Å². The highest BCUT2D eigenvalue weighted by Crippen LogP contribution is 2.22. The van der Waals surface area contributed by atoms with E-state index in [1.54, 1.807) is 36.4 Å². The first-order valence-corrected chi connectivity index (χ1v) is 10.6. The van der Waals surface area contributed by atoms with Gasteiger partial charge in [-0.15, -0.1) is 0 Å². The molecule has 176 valence electrons. The molecule has 2 atom stereocenters. The molecule has 3 rings (SSSR count). The smallest absolute Gasteiger partial charge is 0.408 e. The van der Waals surface area contributed by atoms with Crippen molar-refractivity contribution >= 4 is 17.8 Å². The number of amides is 1. The van der Waals surface area contributed by atoms with Gasteiger partial charge in [0.15, 0.2) is 5.78 Å². The first kappa shape index (κ1) is 24.6. The number of likely N-dealkylation sites (N-methyl/N-ethyl adjacent to an activating group) is 1. The van der Waals surface area contributed by atoms with Gasteiger partial charge in [-0.25, -0.2) is 14.0 Å². The number of benzene rings is 3. The fourth-order valence-electron chi connectivity index (χ4n) is 3.53. The van der Waals surface area contributed by atoms with Crippen LogP contribution in [0.1, 0.15) is 33.1 Å². The van der Waals surface area contributed by atoms with E-state index in [1.165, 1.54) is 7.05 Å². The van der Waals surface area contributed by atoms with Crippen molar-refractivity contribution in [3.63, 3.8) is 0 Å². The van der Waals surface area contributed by atoms with Gasteiger partial charge in [-0.2, -0.15) is 0 Å². The molecule has 0 aliphatic rings. The largest absolute Gasteiger partial charge is 0.478 e. The molecule has 8 heteroatoms. The summed E-state index contributed by atoms with van der Waals surface area (Å²) in [6.45, 7) is 0.0175. The predicted octanol–water partition coefficient (Wildman–Crippen LogP) is 3.89. The first-order valence-electron chi connectivity index (χ1n) is 10.6. The lowest BCUT2D eigenvalue weighted by atomic mass is 9.92. The molecule has 0 aliphatic heterocycles. The number of nitrogens with one attached hydrogen (secondary N) is 2. The summed E-state index contributed by atoms with van der Waals surface area (Å²) in [5.41, 5.74) is 1.28. The Morgan fingerprint density at radius 1 is 0.941 bits per heavy atom. The third-order valence-electron chi connectivity index (χ3n) is 5.26. The average molecular weight is 464 g/mol. The van der Waals surface area contributed by atoms with E-state index in [2.05, 4.69) is 10.6 Å². The third-order valence-corrected chi connectivity index (χ3v) is 5.26. The Morgan fingerprint density at radius 2 is 1.56 bits per heavy atom. The second kappa shape index (κ2) is 11.7. The predicted molar refractivity (Wildman–Crippen MR) is 124 cm³/mol. The minimum absolute atomic E-state index is 0.0175. The number of ether oxygens (including phenoxy) is 1. The summed E-state index contributed by atoms with van der Waals surface area (Å²) < 4.78 is 19.9. The molecule has 0 saturated carbocycles. The maximum Gasteiger partial charge on any atom is 0.408 e. The monoisotopic (exact) mass is 464 g/mol. The summed E-state index contributed by atoms with van der Waals surface area (Å²) in [5, 5.41) is 14.6. The maximum absolute atomic E-state index is 14.6. The van der Waals surface area contributed by atoms with Crippen LogP contribution in [0.4, 0.5) is 9.18 Å². The molecule has 0 aromatic heterocycles. The van der Waals surface area contributed by atoms with E-state index >= 15 is 0 Å². The standard InChI is InChI=1S/C26H25FN2O5/c1-28-23(20-15-19(25(31)32)12-13-21(20)27)24(30)22(14-17-8-4-2-5-9-17)29-26(33)34-16-18-10-6-3-7-11-18/h2-13,15,22-23,28H,14,16H2,1H3,(H,29,33)(H,31,32)/t22-,23?/m0/s1. The molecule has 34 heavy (non-hydrogen) atoms. The fraction of sp³-hybridized carbons (Fsp3) is 0.192. The second-order valence-corrected chi connectivity index (χ2v) is 7.61. The SMILES string of the molecule is CNC(C(=O)[C@H](Cc1ccccc1)NC(=O)OCc1ccccc1)c1cc(C(=O)O)ccc1F. The molecule has 0 bridgehead atoms. The van der Waals surface area contributed by atoms with Gasteiger partial charge in [-0.3, -0.25) is 4.79 Å². The quantitative estimate of drug-likeness (QED) is 0.421. The number of carboxylic acids is 1. The van der Waals surface area contributed by atoms with E-state index in [4.69, 9.17) is 4.74 Å². The molecule has 0 radical (unpaired) electrons. The van der Waals surface area contributed by atoms with Crippen LogP contribution < -0.4 is 10.6 Å². The van der Waals surface area contributed by atoms with Crippen LogP contribution in [-0.4, -0.2) is 36.0 Å². The van der Waals surface area contributed by atoms with E-state index in [9.17, 15) is 23.9 Å². The third kappa shape index (κ3) is 6.49. The van der Waals surface area contributed by atoms with Crippen LogP contribution in [0.3, 0.4) is 0 Å². The van der Waals surface area contributed by atoms with Gasteiger partial charge in [-0.1, -0.05) is 60.7 Å². The molecule has 0 fully saturated rings. The van der Waals surface area contributed by atoms with Crippen LogP contribution in [0.25, 0.3) is 0 Å². The Hall–Kier alpha value is -4.04. The molecule has 0 aliphatic carbocycles. The van der Waals surface area contributed by atoms with Gasteiger partial charge in [0.25, 0.3) is 0 Å². The van der Waals surface area contributed by atoms with E-state index in [-0.39, 0.29) is 24.2 Å². The van der Waals surface area contributed by atoms with Crippen molar-refractivity contribution in [2.75, 3.05) is 7.05 Å². The van der Waals surface area contributed by atoms with Crippen molar-refractivity contribution in [1.82, 2.24) is 10.6 Å². The van der Waals surface area contributed by atoms with Gasteiger partial charge in [0.05, 0.1) is 17.6 Å². The molecule has 7 nitrogen and oxygen atoms in total. The van der Waals surface area contributed by atoms with Crippen LogP contribution in [-0.2, 0) is 22.6 Å². The average Bonchev–Trinajstić information content (AvgIpc) is 2.85. The molecule has 3 aromatic carbocycles. The van der Waals surface area contributed by atoms with Crippen molar-refractivity contribution < 1.29 is 28.6 Å². The van der Waals surface area contributed by atoms with E-state index < -0.39 is 35.7 Å². The second-order valence-electron chi connectivity index (χ2n) is 7.61. The number of carbonyl (C=O) groups is 3. The topological polar surface area (TPSA) is 105 Å². The van der Waals surface area contributed by atoms with Crippen molar-refractivity contribution in [3.8, 4) is 0 Å². The van der Waals surface area contributed by atoms with Gasteiger partial charge >= 0.3 is 12.1 Å². The Kier molecular flexibility index (Phi) is 8.48. The van der Waals surface area contributed by atoms with Crippen LogP contribution in [0.2, 0.25) is 0 Å². The van der Waals surface area contributed by atoms with Gasteiger partial charge in [-0.05, 0) is 42.8 Å². The Bertz CT molecular complexity index is 1140. The zero-order valence-electron chi connectivity index (χ0n) is 18.5. The van der Waals surface area contributed by atoms with Gasteiger partial charge in [0, 0.05) is 5.56 Å². The number of carboxylic acid groups (broad SMARTS) is 1. The Balaban J connectivity index is 1.83. The number of hydrogen-bond donors (Lipinski definition) is 3. The number of rotatable bonds is 10. The van der Waals surface area contributed by atoms with Crippen LogP contribution in [0.15, 0.2) is 78.9 Å². The number of halogens is 1. The zero-order chi connectivity index (χ0) is 24.5. The highest BCUT2D eigenvalue weighted by Gasteiger charge is 2.31. The molecule has 1 amide bonds. The summed E-state index contributed by atoms with van der Waals surface area (Å²) >= 11 is 0. The van der Waals surface area contributed by atoms with E-state index in [1.807, 2.05) is 24.3 Å². The first-order chi connectivity index (χ1) is 16.4. The lowest BCUT2D eigenvalue weighted by molar-refractivity contribution is -0.123. The number of hydrogen-bond acceptors (Lipinski definition) is 5. The molecular formula is C26H25FN2O5. The molecule has 0 heterocycles. The highest BCUT2D eigenvalue weighted by atomic mass is 19.1. The van der Waals surface area contributed by atoms with Crippen molar-refractivity contribution in [1.29, 1.82) is 0 Å². The molecule has 0 spiro atoms. The minimum atomic E-state index is -1.24.